The normalized spacial score (nSPS) is 49.0. The van der Waals surface area contributed by atoms with Crippen molar-refractivity contribution in [3.8, 4) is 0 Å². The van der Waals surface area contributed by atoms with Gasteiger partial charge in [0.1, 0.15) is 0 Å². The zero-order valence-electron chi connectivity index (χ0n) is 32.5. The summed E-state index contributed by atoms with van der Waals surface area (Å²) < 4.78 is 26.9. The van der Waals surface area contributed by atoms with Crippen molar-refractivity contribution in [1.82, 2.24) is 0 Å². The van der Waals surface area contributed by atoms with E-state index < -0.39 is 47.3 Å². The van der Waals surface area contributed by atoms with Gasteiger partial charge < -0.3 is 29.2 Å². The van der Waals surface area contributed by atoms with Crippen molar-refractivity contribution >= 4 is 11.9 Å². The number of rotatable bonds is 8. The molecule has 10 fully saturated rings. The van der Waals surface area contributed by atoms with Crippen LogP contribution in [-0.4, -0.2) is 69.7 Å². The Bertz CT molecular complexity index is 1550. The highest BCUT2D eigenvalue weighted by atomic mass is 17.3. The zero-order chi connectivity index (χ0) is 37.9. The summed E-state index contributed by atoms with van der Waals surface area (Å²) in [7, 11) is 0. The Hall–Kier alpha value is -2.16. The van der Waals surface area contributed by atoms with E-state index in [9.17, 15) is 19.8 Å². The molecule has 2 saturated carbocycles. The topological polar surface area (TPSA) is 148 Å². The summed E-state index contributed by atoms with van der Waals surface area (Å²) in [5.41, 5.74) is -0.0861. The number of hydrogen-bond donors (Lipinski definition) is 2. The molecule has 2 aliphatic carbocycles. The minimum Gasteiger partial charge on any atom is -0.478 e. The molecule has 4 unspecified atom stereocenters. The van der Waals surface area contributed by atoms with Crippen LogP contribution in [0.1, 0.15) is 138 Å². The third-order valence-corrected chi connectivity index (χ3v) is 15.8. The van der Waals surface area contributed by atoms with Crippen LogP contribution in [0.4, 0.5) is 0 Å². The zero-order valence-corrected chi connectivity index (χ0v) is 32.5. The van der Waals surface area contributed by atoms with E-state index in [1.165, 1.54) is 0 Å². The van der Waals surface area contributed by atoms with Crippen molar-refractivity contribution in [3.05, 3.63) is 34.4 Å². The largest absolute Gasteiger partial charge is 0.478 e. The van der Waals surface area contributed by atoms with Gasteiger partial charge in [0.05, 0.1) is 23.3 Å². The van der Waals surface area contributed by atoms with E-state index in [2.05, 4.69) is 27.7 Å². The summed E-state index contributed by atoms with van der Waals surface area (Å²) >= 11 is 0. The second kappa shape index (κ2) is 13.2. The number of carboxylic acids is 2. The van der Waals surface area contributed by atoms with E-state index in [0.717, 1.165) is 62.5 Å². The number of carboxylic acid groups (broad SMARTS) is 2. The first-order valence-electron chi connectivity index (χ1n) is 20.7. The standard InChI is InChI=1S/C42H58O12/c1-21-7-11-31-23(3)33(47-37-41(31)29(21)15-17-39(5,49-37)51-53-41)13-9-25-19-27(35(43)44)28(36(45)46)20-26(25)10-14-34-24(4)32-12-8-22(2)30-16-18-40(6)50-38(48-34)42(30,32)54-52-40/h19-24,29-34,37-38H,7-18H2,1-6H3,(H,43,44)(H,45,46)/t21-,22-,23-,24-,29?,30?,31?,32?,33-,34-,37-,38-,39-,40-,41-,42-/m1/s1. The fourth-order valence-corrected chi connectivity index (χ4v) is 12.7. The first-order chi connectivity index (χ1) is 25.7. The van der Waals surface area contributed by atoms with Crippen LogP contribution >= 0.6 is 0 Å². The van der Waals surface area contributed by atoms with Gasteiger partial charge in [-0.2, -0.15) is 0 Å². The van der Waals surface area contributed by atoms with Crippen LogP contribution < -0.4 is 0 Å². The predicted octanol–water partition coefficient (Wildman–Crippen LogP) is 7.45. The van der Waals surface area contributed by atoms with Crippen molar-refractivity contribution in [1.29, 1.82) is 0 Å². The molecule has 1 aromatic carbocycles. The second-order valence-corrected chi connectivity index (χ2v) is 18.7. The molecular weight excluding hydrogens is 696 g/mol. The summed E-state index contributed by atoms with van der Waals surface area (Å²) in [6, 6.07) is 3.15. The third-order valence-electron chi connectivity index (χ3n) is 15.8. The molecule has 4 bridgehead atoms. The van der Waals surface area contributed by atoms with E-state index in [4.69, 9.17) is 38.5 Å². The van der Waals surface area contributed by atoms with Crippen molar-refractivity contribution in [3.63, 3.8) is 0 Å². The Morgan fingerprint density at radius 2 is 1.02 bits per heavy atom. The van der Waals surface area contributed by atoms with Gasteiger partial charge >= 0.3 is 11.9 Å². The minimum atomic E-state index is -1.26. The molecule has 8 saturated heterocycles. The molecule has 0 radical (unpaired) electrons. The highest BCUT2D eigenvalue weighted by Gasteiger charge is 2.70. The van der Waals surface area contributed by atoms with Gasteiger partial charge in [-0.1, -0.05) is 27.7 Å². The van der Waals surface area contributed by atoms with Crippen molar-refractivity contribution < 1.29 is 58.3 Å². The molecular formula is C42H58O12. The monoisotopic (exact) mass is 754 g/mol. The number of aromatic carboxylic acids is 2. The number of aryl methyl sites for hydroxylation is 2. The van der Waals surface area contributed by atoms with Gasteiger partial charge in [0.15, 0.2) is 23.8 Å². The number of hydrogen-bond acceptors (Lipinski definition) is 10. The van der Waals surface area contributed by atoms with Crippen molar-refractivity contribution in [2.45, 2.75) is 166 Å². The Morgan fingerprint density at radius 1 is 0.611 bits per heavy atom. The number of benzene rings is 1. The first kappa shape index (κ1) is 37.4. The molecule has 0 aromatic heterocycles. The average Bonchev–Trinajstić information content (AvgIpc) is 3.51. The Labute approximate surface area is 317 Å². The smallest absolute Gasteiger partial charge is 0.336 e. The van der Waals surface area contributed by atoms with Gasteiger partial charge in [-0.3, -0.25) is 0 Å². The molecule has 12 heteroatoms. The summed E-state index contributed by atoms with van der Waals surface area (Å²) in [5.74, 6) is -2.14. The number of ether oxygens (including phenoxy) is 4. The Balaban J connectivity index is 0.977. The van der Waals surface area contributed by atoms with Crippen LogP contribution in [0.25, 0.3) is 0 Å². The van der Waals surface area contributed by atoms with Gasteiger partial charge in [0.25, 0.3) is 0 Å². The van der Waals surface area contributed by atoms with Crippen LogP contribution in [0.3, 0.4) is 0 Å². The lowest BCUT2D eigenvalue weighted by Crippen LogP contribution is -2.70. The highest BCUT2D eigenvalue weighted by molar-refractivity contribution is 6.02. The SMILES string of the molecule is C[C@@H]1CCC2[C@@H](C)[C@@H](CCc3cc(C(=O)O)c(C(=O)O)cc3CC[C@H]3O[C@@H]4O[C@@]5(C)CCC6[C@H](C)CCC([C@H]3C)[C@]64OO5)O[C@@H]3O[C@@]4(C)CCC1[C@@]23OO4. The molecule has 2 N–H and O–H groups in total. The van der Waals surface area contributed by atoms with Gasteiger partial charge in [-0.15, -0.1) is 0 Å². The van der Waals surface area contributed by atoms with E-state index in [1.54, 1.807) is 12.1 Å². The molecule has 2 spiro atoms. The first-order valence-corrected chi connectivity index (χ1v) is 20.7. The fourth-order valence-electron chi connectivity index (χ4n) is 12.7. The molecule has 298 valence electrons. The molecule has 8 heterocycles. The van der Waals surface area contributed by atoms with Crippen molar-refractivity contribution in [2.24, 2.45) is 47.3 Å². The number of fused-ring (bicyclic) bond motifs is 4. The van der Waals surface area contributed by atoms with Gasteiger partial charge in [-0.05, 0) is 137 Å². The average molecular weight is 755 g/mol. The maximum atomic E-state index is 12.4. The Kier molecular flexibility index (Phi) is 9.14. The summed E-state index contributed by atoms with van der Waals surface area (Å²) in [4.78, 5) is 49.6. The minimum absolute atomic E-state index is 0.139. The lowest BCUT2D eigenvalue weighted by atomic mass is 9.57. The summed E-state index contributed by atoms with van der Waals surface area (Å²) in [5, 5.41) is 20.3. The van der Waals surface area contributed by atoms with Gasteiger partial charge in [0, 0.05) is 24.7 Å². The lowest BCUT2D eigenvalue weighted by molar-refractivity contribution is -0.571. The molecule has 12 nitrogen and oxygen atoms in total. The van der Waals surface area contributed by atoms with E-state index in [-0.39, 0.29) is 58.8 Å². The third kappa shape index (κ3) is 5.59. The van der Waals surface area contributed by atoms with Crippen LogP contribution in [0.2, 0.25) is 0 Å². The quantitative estimate of drug-likeness (QED) is 0.254. The fraction of sp³-hybridized carbons (Fsp3) is 0.810. The van der Waals surface area contributed by atoms with Crippen molar-refractivity contribution in [2.75, 3.05) is 0 Å². The van der Waals surface area contributed by atoms with Gasteiger partial charge in [0.2, 0.25) is 11.6 Å². The molecule has 1 aromatic rings. The van der Waals surface area contributed by atoms with E-state index >= 15 is 0 Å². The highest BCUT2D eigenvalue weighted by Crippen LogP contribution is 2.62. The summed E-state index contributed by atoms with van der Waals surface area (Å²) in [6.07, 6.45) is 8.42. The summed E-state index contributed by atoms with van der Waals surface area (Å²) in [6.45, 7) is 12.9. The molecule has 0 amide bonds. The van der Waals surface area contributed by atoms with Crippen LogP contribution in [0.5, 0.6) is 0 Å². The van der Waals surface area contributed by atoms with Crippen LogP contribution in [-0.2, 0) is 51.3 Å². The van der Waals surface area contributed by atoms with E-state index in [0.29, 0.717) is 37.5 Å². The van der Waals surface area contributed by atoms with Crippen LogP contribution in [0.15, 0.2) is 12.1 Å². The maximum Gasteiger partial charge on any atom is 0.336 e. The van der Waals surface area contributed by atoms with Gasteiger partial charge in [-0.25, -0.2) is 29.1 Å². The maximum absolute atomic E-state index is 12.4. The van der Waals surface area contributed by atoms with Crippen LogP contribution in [0, 0.1) is 47.3 Å². The molecule has 11 rings (SSSR count). The molecule has 10 aliphatic rings. The van der Waals surface area contributed by atoms with E-state index in [1.807, 2.05) is 13.8 Å². The predicted molar refractivity (Wildman–Crippen MR) is 191 cm³/mol. The Morgan fingerprint density at radius 3 is 1.41 bits per heavy atom. The second-order valence-electron chi connectivity index (χ2n) is 18.7. The number of carbonyl (C=O) groups is 2. The molecule has 54 heavy (non-hydrogen) atoms. The molecule has 16 atom stereocenters. The lowest BCUT2D eigenvalue weighted by Gasteiger charge is -2.60. The molecule has 8 aliphatic heterocycles.